The van der Waals surface area contributed by atoms with Crippen LogP contribution < -0.4 is 4.90 Å². The molecule has 0 radical (unpaired) electrons. The molecular formula is C14H23N3. The van der Waals surface area contributed by atoms with E-state index in [0.717, 1.165) is 25.1 Å². The highest BCUT2D eigenvalue weighted by Gasteiger charge is 2.20. The Morgan fingerprint density at radius 2 is 1.94 bits per heavy atom. The van der Waals surface area contributed by atoms with Gasteiger partial charge in [0.05, 0.1) is 0 Å². The largest absolute Gasteiger partial charge is 0.357 e. The van der Waals surface area contributed by atoms with Crippen molar-refractivity contribution in [1.82, 2.24) is 9.97 Å². The molecule has 17 heavy (non-hydrogen) atoms. The highest BCUT2D eigenvalue weighted by Crippen LogP contribution is 2.28. The van der Waals surface area contributed by atoms with E-state index in [9.17, 15) is 0 Å². The monoisotopic (exact) mass is 233 g/mol. The van der Waals surface area contributed by atoms with Crippen molar-refractivity contribution < 1.29 is 0 Å². The number of hydrogen-bond donors (Lipinski definition) is 0. The SMILES string of the molecule is CCC(C)N(C)c1nc(C)nc2c1CCCC2. The highest BCUT2D eigenvalue weighted by atomic mass is 15.2. The first-order valence-electron chi connectivity index (χ1n) is 6.72. The van der Waals surface area contributed by atoms with E-state index in [4.69, 9.17) is 0 Å². The predicted octanol–water partition coefficient (Wildman–Crippen LogP) is 2.90. The quantitative estimate of drug-likeness (QED) is 0.804. The molecule has 2 rings (SSSR count). The molecule has 0 saturated carbocycles. The van der Waals surface area contributed by atoms with Gasteiger partial charge in [-0.25, -0.2) is 9.97 Å². The molecule has 1 atom stereocenters. The summed E-state index contributed by atoms with van der Waals surface area (Å²) >= 11 is 0. The molecule has 1 aliphatic carbocycles. The minimum atomic E-state index is 0.537. The minimum absolute atomic E-state index is 0.537. The lowest BCUT2D eigenvalue weighted by molar-refractivity contribution is 0.624. The Kier molecular flexibility index (Phi) is 3.65. The number of aromatic nitrogens is 2. The molecule has 0 aromatic carbocycles. The van der Waals surface area contributed by atoms with Crippen molar-refractivity contribution in [1.29, 1.82) is 0 Å². The van der Waals surface area contributed by atoms with Crippen LogP contribution >= 0.6 is 0 Å². The average molecular weight is 233 g/mol. The average Bonchev–Trinajstić information content (AvgIpc) is 2.35. The topological polar surface area (TPSA) is 29.0 Å². The predicted molar refractivity (Wildman–Crippen MR) is 71.6 cm³/mol. The standard InChI is InChI=1S/C14H23N3/c1-5-10(2)17(4)14-12-8-6-7-9-13(12)15-11(3)16-14/h10H,5-9H2,1-4H3. The van der Waals surface area contributed by atoms with Crippen LogP contribution in [-0.2, 0) is 12.8 Å². The highest BCUT2D eigenvalue weighted by molar-refractivity contribution is 5.50. The fourth-order valence-corrected chi connectivity index (χ4v) is 2.47. The Morgan fingerprint density at radius 1 is 1.24 bits per heavy atom. The summed E-state index contributed by atoms with van der Waals surface area (Å²) in [5.74, 6) is 2.08. The van der Waals surface area contributed by atoms with Gasteiger partial charge >= 0.3 is 0 Å². The van der Waals surface area contributed by atoms with E-state index in [2.05, 4.69) is 35.8 Å². The summed E-state index contributed by atoms with van der Waals surface area (Å²) in [6, 6.07) is 0.537. The first-order valence-corrected chi connectivity index (χ1v) is 6.72. The maximum atomic E-state index is 4.67. The molecule has 1 unspecified atom stereocenters. The molecule has 3 heteroatoms. The van der Waals surface area contributed by atoms with Gasteiger partial charge in [-0.3, -0.25) is 0 Å². The van der Waals surface area contributed by atoms with Gasteiger partial charge in [-0.2, -0.15) is 0 Å². The van der Waals surface area contributed by atoms with Gasteiger partial charge < -0.3 is 4.90 Å². The Bertz CT molecular complexity index is 401. The molecule has 0 N–H and O–H groups in total. The van der Waals surface area contributed by atoms with Crippen LogP contribution in [0.1, 0.15) is 50.2 Å². The van der Waals surface area contributed by atoms with Crippen molar-refractivity contribution in [2.24, 2.45) is 0 Å². The normalized spacial score (nSPS) is 16.5. The number of fused-ring (bicyclic) bond motifs is 1. The summed E-state index contributed by atoms with van der Waals surface area (Å²) in [4.78, 5) is 11.6. The van der Waals surface area contributed by atoms with Gasteiger partial charge in [-0.15, -0.1) is 0 Å². The minimum Gasteiger partial charge on any atom is -0.357 e. The van der Waals surface area contributed by atoms with Gasteiger partial charge in [0.2, 0.25) is 0 Å². The second-order valence-electron chi connectivity index (χ2n) is 5.09. The number of hydrogen-bond acceptors (Lipinski definition) is 3. The molecule has 3 nitrogen and oxygen atoms in total. The summed E-state index contributed by atoms with van der Waals surface area (Å²) in [5, 5.41) is 0. The lowest BCUT2D eigenvalue weighted by Crippen LogP contribution is -2.31. The van der Waals surface area contributed by atoms with Gasteiger partial charge in [-0.1, -0.05) is 6.92 Å². The zero-order valence-corrected chi connectivity index (χ0v) is 11.5. The van der Waals surface area contributed by atoms with Gasteiger partial charge in [-0.05, 0) is 46.0 Å². The van der Waals surface area contributed by atoms with Crippen LogP contribution in [0, 0.1) is 6.92 Å². The number of nitrogens with zero attached hydrogens (tertiary/aromatic N) is 3. The van der Waals surface area contributed by atoms with Crippen molar-refractivity contribution in [2.75, 3.05) is 11.9 Å². The van der Waals surface area contributed by atoms with Crippen molar-refractivity contribution >= 4 is 5.82 Å². The van der Waals surface area contributed by atoms with Crippen LogP contribution in [0.15, 0.2) is 0 Å². The third-order valence-corrected chi connectivity index (χ3v) is 3.86. The molecular weight excluding hydrogens is 210 g/mol. The molecule has 0 saturated heterocycles. The molecule has 1 aliphatic rings. The molecule has 0 spiro atoms. The van der Waals surface area contributed by atoms with Gasteiger partial charge in [0.15, 0.2) is 0 Å². The van der Waals surface area contributed by atoms with Gasteiger partial charge in [0.25, 0.3) is 0 Å². The fourth-order valence-electron chi connectivity index (χ4n) is 2.47. The molecule has 94 valence electrons. The zero-order valence-electron chi connectivity index (χ0n) is 11.5. The van der Waals surface area contributed by atoms with Gasteiger partial charge in [0, 0.05) is 24.3 Å². The second-order valence-corrected chi connectivity index (χ2v) is 5.09. The Labute approximate surface area is 104 Å². The second kappa shape index (κ2) is 5.03. The van der Waals surface area contributed by atoms with E-state index in [0.29, 0.717) is 6.04 Å². The van der Waals surface area contributed by atoms with E-state index in [1.165, 1.54) is 29.9 Å². The molecule has 1 aromatic rings. The smallest absolute Gasteiger partial charge is 0.135 e. The molecule has 1 heterocycles. The number of anilines is 1. The number of aryl methyl sites for hydroxylation is 2. The summed E-state index contributed by atoms with van der Waals surface area (Å²) in [7, 11) is 2.16. The Hall–Kier alpha value is -1.12. The van der Waals surface area contributed by atoms with Gasteiger partial charge in [0.1, 0.15) is 11.6 Å². The first kappa shape index (κ1) is 12.3. The van der Waals surface area contributed by atoms with E-state index < -0.39 is 0 Å². The van der Waals surface area contributed by atoms with E-state index >= 15 is 0 Å². The first-order chi connectivity index (χ1) is 8.13. The van der Waals surface area contributed by atoms with Crippen LogP contribution in [0.3, 0.4) is 0 Å². The molecule has 0 fully saturated rings. The summed E-state index contributed by atoms with van der Waals surface area (Å²) in [6.45, 7) is 6.48. The van der Waals surface area contributed by atoms with E-state index in [-0.39, 0.29) is 0 Å². The lowest BCUT2D eigenvalue weighted by Gasteiger charge is -2.29. The number of rotatable bonds is 3. The van der Waals surface area contributed by atoms with Crippen LogP contribution in [0.4, 0.5) is 5.82 Å². The van der Waals surface area contributed by atoms with Crippen LogP contribution in [0.5, 0.6) is 0 Å². The van der Waals surface area contributed by atoms with E-state index in [1.54, 1.807) is 0 Å². The van der Waals surface area contributed by atoms with Crippen molar-refractivity contribution in [3.63, 3.8) is 0 Å². The van der Waals surface area contributed by atoms with Crippen molar-refractivity contribution in [3.05, 3.63) is 17.1 Å². The third-order valence-electron chi connectivity index (χ3n) is 3.86. The molecule has 1 aromatic heterocycles. The zero-order chi connectivity index (χ0) is 12.4. The van der Waals surface area contributed by atoms with Crippen LogP contribution in [0.2, 0.25) is 0 Å². The fraction of sp³-hybridized carbons (Fsp3) is 0.714. The summed E-state index contributed by atoms with van der Waals surface area (Å²) < 4.78 is 0. The molecule has 0 amide bonds. The van der Waals surface area contributed by atoms with Crippen LogP contribution in [-0.4, -0.2) is 23.1 Å². The lowest BCUT2D eigenvalue weighted by atomic mass is 9.95. The maximum Gasteiger partial charge on any atom is 0.135 e. The summed E-state index contributed by atoms with van der Waals surface area (Å²) in [5.41, 5.74) is 2.68. The molecule has 0 aliphatic heterocycles. The summed E-state index contributed by atoms with van der Waals surface area (Å²) in [6.07, 6.45) is 5.97. The van der Waals surface area contributed by atoms with Crippen molar-refractivity contribution in [3.8, 4) is 0 Å². The molecule has 0 bridgehead atoms. The maximum absolute atomic E-state index is 4.67. The third kappa shape index (κ3) is 2.43. The Balaban J connectivity index is 2.41. The Morgan fingerprint density at radius 3 is 2.65 bits per heavy atom. The van der Waals surface area contributed by atoms with Crippen molar-refractivity contribution in [2.45, 2.75) is 58.9 Å². The van der Waals surface area contributed by atoms with E-state index in [1.807, 2.05) is 6.92 Å². The van der Waals surface area contributed by atoms with Crippen LogP contribution in [0.25, 0.3) is 0 Å².